The largest absolute Gasteiger partial charge is 0.478 e. The Morgan fingerprint density at radius 1 is 0.645 bits per heavy atom. The predicted octanol–water partition coefficient (Wildman–Crippen LogP) is 11.3. The number of nitrogens with zero attached hydrogens (tertiary/aromatic N) is 11. The Hall–Kier alpha value is -8.66. The standard InChI is InChI=1S/C23H27N7O.C12H14N4.C12H13NO2.C12H15NO/c1-13-8-22(24)26-15(3)19(13)10-25-23(31)20-12-30(28-27-20)11-17-6-7-21-18(9-17)14(2)16(4)29(21)5;1-8-9(2)16(3)12-5-4-10(6-11(8)12)7-14-15-13;1-7-8(2)13(3)11-5-4-9(12(14)15)6-10(7)11;1-8-9(2)13(3)12-5-4-10(7-14)6-11(8)12/h6-9,12H,10-11H2,1-5H3,(H2,24,26)(H,25,31);4-6H,7H2,1-3H3;4-6H,1-3H3,(H,14,15);4-6,14H,7H2,1-3H3. The minimum absolute atomic E-state index is 0.114. The third kappa shape index (κ3) is 11.2. The molecule has 5 N–H and O–H groups in total. The van der Waals surface area contributed by atoms with Crippen LogP contribution in [0.15, 0.2) is 90.2 Å². The molecule has 0 fully saturated rings. The van der Waals surface area contributed by atoms with Crippen LogP contribution in [-0.2, 0) is 54.4 Å². The molecule has 0 unspecified atom stereocenters. The molecule has 0 radical (unpaired) electrons. The van der Waals surface area contributed by atoms with Gasteiger partial charge in [0.05, 0.1) is 31.5 Å². The lowest BCUT2D eigenvalue weighted by Crippen LogP contribution is -2.24. The van der Waals surface area contributed by atoms with Crippen LogP contribution >= 0.6 is 0 Å². The summed E-state index contributed by atoms with van der Waals surface area (Å²) >= 11 is 0. The number of pyridine rings is 1. The Kier molecular flexibility index (Phi) is 16.6. The summed E-state index contributed by atoms with van der Waals surface area (Å²) in [6.45, 7) is 22.1. The number of carboxylic acid groups (broad SMARTS) is 1. The summed E-state index contributed by atoms with van der Waals surface area (Å²) in [5.74, 6) is -0.670. The number of anilines is 1. The van der Waals surface area contributed by atoms with Gasteiger partial charge in [0.25, 0.3) is 5.91 Å². The molecule has 4 aromatic carbocycles. The normalized spacial score (nSPS) is 11.0. The SMILES string of the molecule is Cc1c(C)n(C)c2ccc(C(=O)O)cc12.Cc1c(C)n(C)c2ccc(CN=[N+]=[N-])cc12.Cc1c(C)n(C)c2ccc(CO)cc12.Cc1cc(N)nc(C)c1CNC(=O)c1cn(Cc2ccc3c(c2)c(C)c(C)n3C)nn1. The number of nitrogen functional groups attached to an aromatic ring is 1. The van der Waals surface area contributed by atoms with Crippen molar-refractivity contribution in [3.63, 3.8) is 0 Å². The summed E-state index contributed by atoms with van der Waals surface area (Å²) in [7, 11) is 8.21. The fourth-order valence-electron chi connectivity index (χ4n) is 9.79. The van der Waals surface area contributed by atoms with Crippen LogP contribution in [0, 0.1) is 69.2 Å². The van der Waals surface area contributed by atoms with Crippen molar-refractivity contribution in [3.05, 3.63) is 185 Å². The lowest BCUT2D eigenvalue weighted by Gasteiger charge is -2.10. The molecule has 10 aromatic rings. The van der Waals surface area contributed by atoms with Crippen molar-refractivity contribution in [2.24, 2.45) is 33.3 Å². The second kappa shape index (κ2) is 22.8. The van der Waals surface area contributed by atoms with Gasteiger partial charge in [-0.15, -0.1) is 5.10 Å². The Bertz CT molecular complexity index is 3870. The van der Waals surface area contributed by atoms with Gasteiger partial charge in [-0.3, -0.25) is 4.79 Å². The Morgan fingerprint density at radius 3 is 1.57 bits per heavy atom. The van der Waals surface area contributed by atoms with Gasteiger partial charge in [-0.05, 0) is 186 Å². The van der Waals surface area contributed by atoms with E-state index in [0.29, 0.717) is 31.0 Å². The number of amides is 1. The highest BCUT2D eigenvalue weighted by Crippen LogP contribution is 2.29. The van der Waals surface area contributed by atoms with Gasteiger partial charge in [0.1, 0.15) is 5.82 Å². The van der Waals surface area contributed by atoms with Gasteiger partial charge >= 0.3 is 5.97 Å². The Balaban J connectivity index is 0.000000158. The lowest BCUT2D eigenvalue weighted by atomic mass is 10.1. The zero-order chi connectivity index (χ0) is 55.4. The molecular weight excluding hydrogens is 955 g/mol. The third-order valence-corrected chi connectivity index (χ3v) is 15.3. The molecular formula is C59H69N13O4. The van der Waals surface area contributed by atoms with E-state index in [0.717, 1.165) is 50.0 Å². The van der Waals surface area contributed by atoms with Crippen LogP contribution in [0.5, 0.6) is 0 Å². The second-order valence-corrected chi connectivity index (χ2v) is 19.6. The molecule has 0 aliphatic heterocycles. The number of carbonyl (C=O) groups is 2. The summed E-state index contributed by atoms with van der Waals surface area (Å²) in [4.78, 5) is 30.4. The van der Waals surface area contributed by atoms with Crippen molar-refractivity contribution in [2.45, 2.75) is 95.5 Å². The van der Waals surface area contributed by atoms with Crippen LogP contribution in [0.1, 0.15) is 99.4 Å². The number of benzene rings is 4. The number of aromatic nitrogens is 8. The molecule has 6 aromatic heterocycles. The molecule has 10 rings (SSSR count). The molecule has 0 saturated carbocycles. The van der Waals surface area contributed by atoms with E-state index < -0.39 is 5.97 Å². The quantitative estimate of drug-likeness (QED) is 0.0616. The third-order valence-electron chi connectivity index (χ3n) is 15.3. The van der Waals surface area contributed by atoms with Crippen molar-refractivity contribution < 1.29 is 19.8 Å². The summed E-state index contributed by atoms with van der Waals surface area (Å²) in [5, 5.41) is 37.4. The fraction of sp³-hybridized carbons (Fsp3) is 0.305. The van der Waals surface area contributed by atoms with Gasteiger partial charge < -0.3 is 39.5 Å². The molecule has 0 aliphatic rings. The number of rotatable bonds is 9. The first-order chi connectivity index (χ1) is 36.1. The van der Waals surface area contributed by atoms with Gasteiger partial charge in [-0.25, -0.2) is 14.5 Å². The average Bonchev–Trinajstić information content (AvgIpc) is 4.14. The van der Waals surface area contributed by atoms with Crippen molar-refractivity contribution in [2.75, 3.05) is 5.73 Å². The number of carbonyl (C=O) groups excluding carboxylic acids is 1. The van der Waals surface area contributed by atoms with E-state index in [1.54, 1.807) is 29.1 Å². The fourth-order valence-corrected chi connectivity index (χ4v) is 9.79. The molecule has 6 heterocycles. The van der Waals surface area contributed by atoms with Crippen molar-refractivity contribution in [3.8, 4) is 0 Å². The van der Waals surface area contributed by atoms with E-state index in [4.69, 9.17) is 21.5 Å². The maximum atomic E-state index is 12.6. The maximum Gasteiger partial charge on any atom is 0.335 e. The second-order valence-electron chi connectivity index (χ2n) is 19.6. The van der Waals surface area contributed by atoms with Crippen LogP contribution in [0.2, 0.25) is 0 Å². The van der Waals surface area contributed by atoms with E-state index in [2.05, 4.69) is 154 Å². The number of carboxylic acids is 1. The number of nitrogens with two attached hydrogens (primary N) is 1. The van der Waals surface area contributed by atoms with Gasteiger partial charge in [0, 0.05) is 112 Å². The number of nitrogens with one attached hydrogen (secondary N) is 1. The number of aliphatic hydroxyl groups is 1. The molecule has 0 aliphatic carbocycles. The molecule has 394 valence electrons. The van der Waals surface area contributed by atoms with Crippen molar-refractivity contribution >= 4 is 61.3 Å². The van der Waals surface area contributed by atoms with E-state index in [9.17, 15) is 9.59 Å². The molecule has 17 nitrogen and oxygen atoms in total. The van der Waals surface area contributed by atoms with Gasteiger partial charge in [-0.1, -0.05) is 28.5 Å². The Morgan fingerprint density at radius 2 is 1.09 bits per heavy atom. The first-order valence-electron chi connectivity index (χ1n) is 25.0. The first-order valence-corrected chi connectivity index (χ1v) is 25.0. The topological polar surface area (TPSA) is 225 Å². The van der Waals surface area contributed by atoms with Gasteiger partial charge in [-0.2, -0.15) is 0 Å². The predicted molar refractivity (Wildman–Crippen MR) is 304 cm³/mol. The highest BCUT2D eigenvalue weighted by Gasteiger charge is 2.16. The maximum absolute atomic E-state index is 12.6. The number of aromatic carboxylic acids is 1. The number of aryl methyl sites for hydroxylation is 10. The zero-order valence-corrected chi connectivity index (χ0v) is 46.1. The molecule has 0 saturated heterocycles. The van der Waals surface area contributed by atoms with Crippen LogP contribution in [0.4, 0.5) is 5.82 Å². The monoisotopic (exact) mass is 1020 g/mol. The first kappa shape index (κ1) is 55.1. The molecule has 0 bridgehead atoms. The molecule has 0 spiro atoms. The Labute approximate surface area is 442 Å². The summed E-state index contributed by atoms with van der Waals surface area (Å²) in [5.41, 5.74) is 35.4. The molecule has 17 heteroatoms. The molecule has 1 amide bonds. The molecule has 76 heavy (non-hydrogen) atoms. The number of aliphatic hydroxyl groups excluding tert-OH is 1. The van der Waals surface area contributed by atoms with E-state index in [1.165, 1.54) is 72.2 Å². The minimum Gasteiger partial charge on any atom is -0.478 e. The highest BCUT2D eigenvalue weighted by atomic mass is 16.4. The number of hydrogen-bond acceptors (Lipinski definition) is 8. The zero-order valence-electron chi connectivity index (χ0n) is 46.1. The summed E-state index contributed by atoms with van der Waals surface area (Å²) in [6.07, 6.45) is 1.67. The van der Waals surface area contributed by atoms with Crippen LogP contribution in [-0.4, -0.2) is 60.3 Å². The highest BCUT2D eigenvalue weighted by molar-refractivity contribution is 5.95. The summed E-state index contributed by atoms with van der Waals surface area (Å²) in [6, 6.07) is 25.7. The average molecular weight is 1020 g/mol. The van der Waals surface area contributed by atoms with Gasteiger partial charge in [0.15, 0.2) is 5.69 Å². The molecule has 0 atom stereocenters. The number of hydrogen-bond donors (Lipinski definition) is 4. The van der Waals surface area contributed by atoms with Crippen molar-refractivity contribution in [1.29, 1.82) is 0 Å². The van der Waals surface area contributed by atoms with E-state index >= 15 is 0 Å². The van der Waals surface area contributed by atoms with Crippen LogP contribution in [0.3, 0.4) is 0 Å². The van der Waals surface area contributed by atoms with Gasteiger partial charge in [0.2, 0.25) is 0 Å². The van der Waals surface area contributed by atoms with E-state index in [1.807, 2.05) is 52.9 Å². The smallest absolute Gasteiger partial charge is 0.335 e. The number of fused-ring (bicyclic) bond motifs is 4. The number of azide groups is 1. The minimum atomic E-state index is -0.877. The lowest BCUT2D eigenvalue weighted by molar-refractivity contribution is 0.0696. The van der Waals surface area contributed by atoms with Crippen LogP contribution < -0.4 is 11.1 Å². The van der Waals surface area contributed by atoms with E-state index in [-0.39, 0.29) is 18.2 Å². The van der Waals surface area contributed by atoms with Crippen molar-refractivity contribution in [1.82, 2.24) is 43.6 Å². The summed E-state index contributed by atoms with van der Waals surface area (Å²) < 4.78 is 10.3. The van der Waals surface area contributed by atoms with Crippen LogP contribution in [0.25, 0.3) is 54.1 Å².